The van der Waals surface area contributed by atoms with Crippen molar-refractivity contribution >= 4 is 46.8 Å². The number of nitriles is 1. The van der Waals surface area contributed by atoms with Crippen LogP contribution in [0.2, 0.25) is 10.0 Å². The Morgan fingerprint density at radius 3 is 2.26 bits per heavy atom. The molecule has 7 heteroatoms. The average molecular weight is 451 g/mol. The highest BCUT2D eigenvalue weighted by molar-refractivity contribution is 6.40. The third-order valence-electron chi connectivity index (χ3n) is 4.28. The van der Waals surface area contributed by atoms with Crippen molar-refractivity contribution in [1.29, 1.82) is 5.26 Å². The Balaban J connectivity index is 1.86. The van der Waals surface area contributed by atoms with E-state index in [0.717, 1.165) is 5.56 Å². The van der Waals surface area contributed by atoms with Crippen LogP contribution in [0, 0.1) is 18.3 Å². The van der Waals surface area contributed by atoms with E-state index in [9.17, 15) is 14.9 Å². The second kappa shape index (κ2) is 9.94. The summed E-state index contributed by atoms with van der Waals surface area (Å²) in [6, 6.07) is 20.2. The predicted octanol–water partition coefficient (Wildman–Crippen LogP) is 6.07. The molecule has 0 aliphatic rings. The van der Waals surface area contributed by atoms with Crippen LogP contribution in [0.5, 0.6) is 5.75 Å². The number of aryl methyl sites for hydroxylation is 1. The van der Waals surface area contributed by atoms with Gasteiger partial charge < -0.3 is 10.1 Å². The molecule has 0 spiro atoms. The second-order valence-corrected chi connectivity index (χ2v) is 7.33. The third kappa shape index (κ3) is 5.52. The van der Waals surface area contributed by atoms with Gasteiger partial charge in [-0.2, -0.15) is 5.26 Å². The molecule has 0 bridgehead atoms. The van der Waals surface area contributed by atoms with Gasteiger partial charge in [-0.1, -0.05) is 65.2 Å². The maximum atomic E-state index is 12.6. The second-order valence-electron chi connectivity index (χ2n) is 6.51. The van der Waals surface area contributed by atoms with Gasteiger partial charge in [0.15, 0.2) is 0 Å². The number of benzene rings is 3. The van der Waals surface area contributed by atoms with Crippen molar-refractivity contribution in [2.24, 2.45) is 0 Å². The number of nitrogens with zero attached hydrogens (tertiary/aromatic N) is 1. The van der Waals surface area contributed by atoms with Gasteiger partial charge >= 0.3 is 5.97 Å². The number of carbonyl (C=O) groups is 2. The average Bonchev–Trinajstić information content (AvgIpc) is 2.76. The number of nitrogens with one attached hydrogen (secondary N) is 1. The molecular weight excluding hydrogens is 435 g/mol. The number of ether oxygens (including phenoxy) is 1. The molecule has 0 fully saturated rings. The maximum absolute atomic E-state index is 12.6. The summed E-state index contributed by atoms with van der Waals surface area (Å²) in [7, 11) is 0. The number of rotatable bonds is 5. The molecule has 0 saturated heterocycles. The molecule has 1 amide bonds. The molecule has 0 saturated carbocycles. The number of halogens is 2. The molecule has 3 aromatic carbocycles. The van der Waals surface area contributed by atoms with Gasteiger partial charge in [0.05, 0.1) is 21.3 Å². The highest BCUT2D eigenvalue weighted by Gasteiger charge is 2.16. The molecule has 0 radical (unpaired) electrons. The summed E-state index contributed by atoms with van der Waals surface area (Å²) in [5, 5.41) is 12.5. The fourth-order valence-corrected chi connectivity index (χ4v) is 3.14. The molecule has 3 rings (SSSR count). The first kappa shape index (κ1) is 22.1. The van der Waals surface area contributed by atoms with Crippen LogP contribution in [0.4, 0.5) is 5.69 Å². The minimum atomic E-state index is -0.697. The first-order valence-corrected chi connectivity index (χ1v) is 9.89. The van der Waals surface area contributed by atoms with Crippen molar-refractivity contribution in [3.8, 4) is 11.8 Å². The fraction of sp³-hybridized carbons (Fsp3) is 0.0417. The van der Waals surface area contributed by atoms with Crippen molar-refractivity contribution < 1.29 is 14.3 Å². The lowest BCUT2D eigenvalue weighted by molar-refractivity contribution is -0.112. The van der Waals surface area contributed by atoms with E-state index in [0.29, 0.717) is 11.1 Å². The molecule has 5 nitrogen and oxygen atoms in total. The molecule has 154 valence electrons. The summed E-state index contributed by atoms with van der Waals surface area (Å²) >= 11 is 12.1. The van der Waals surface area contributed by atoms with Crippen LogP contribution in [0.15, 0.2) is 72.3 Å². The van der Waals surface area contributed by atoms with E-state index in [1.54, 1.807) is 66.7 Å². The summed E-state index contributed by atoms with van der Waals surface area (Å²) in [6.07, 6.45) is 1.33. The molecule has 0 unspecified atom stereocenters. The van der Waals surface area contributed by atoms with E-state index in [2.05, 4.69) is 5.32 Å². The van der Waals surface area contributed by atoms with Crippen molar-refractivity contribution in [2.45, 2.75) is 6.92 Å². The number of hydrogen-bond acceptors (Lipinski definition) is 4. The van der Waals surface area contributed by atoms with Gasteiger partial charge in [-0.3, -0.25) is 4.79 Å². The Hall–Kier alpha value is -3.59. The van der Waals surface area contributed by atoms with Crippen molar-refractivity contribution in [3.05, 3.63) is 99.0 Å². The van der Waals surface area contributed by atoms with E-state index in [1.165, 1.54) is 6.08 Å². The summed E-state index contributed by atoms with van der Waals surface area (Å²) in [4.78, 5) is 25.1. The highest BCUT2D eigenvalue weighted by atomic mass is 35.5. The lowest BCUT2D eigenvalue weighted by Crippen LogP contribution is -2.14. The van der Waals surface area contributed by atoms with Gasteiger partial charge in [-0.15, -0.1) is 0 Å². The van der Waals surface area contributed by atoms with Crippen LogP contribution >= 0.6 is 23.2 Å². The zero-order valence-electron chi connectivity index (χ0n) is 16.4. The lowest BCUT2D eigenvalue weighted by Gasteiger charge is -2.10. The SMILES string of the molecule is Cc1ccc(C(=O)Oc2ccccc2/C=C(\C#N)C(=O)Nc2c(Cl)cccc2Cl)cc1. The Kier molecular flexibility index (Phi) is 7.09. The van der Waals surface area contributed by atoms with Crippen LogP contribution < -0.4 is 10.1 Å². The maximum Gasteiger partial charge on any atom is 0.343 e. The molecule has 0 aliphatic carbocycles. The zero-order valence-corrected chi connectivity index (χ0v) is 17.9. The normalized spacial score (nSPS) is 10.8. The molecule has 0 aliphatic heterocycles. The largest absolute Gasteiger partial charge is 0.422 e. The number of carbonyl (C=O) groups excluding carboxylic acids is 2. The smallest absolute Gasteiger partial charge is 0.343 e. The molecule has 3 aromatic rings. The van der Waals surface area contributed by atoms with Crippen molar-refractivity contribution in [1.82, 2.24) is 0 Å². The molecule has 0 heterocycles. The molecular formula is C24H16Cl2N2O3. The quantitative estimate of drug-likeness (QED) is 0.221. The minimum absolute atomic E-state index is 0.205. The van der Waals surface area contributed by atoms with Gasteiger partial charge in [0, 0.05) is 5.56 Å². The summed E-state index contributed by atoms with van der Waals surface area (Å²) in [6.45, 7) is 1.92. The van der Waals surface area contributed by atoms with Crippen LogP contribution in [0.25, 0.3) is 6.08 Å². The van der Waals surface area contributed by atoms with Crippen LogP contribution in [0.3, 0.4) is 0 Å². The molecule has 1 N–H and O–H groups in total. The molecule has 0 atom stereocenters. The topological polar surface area (TPSA) is 79.2 Å². The standard InChI is InChI=1S/C24H16Cl2N2O3/c1-15-9-11-16(12-10-15)24(30)31-21-8-3-2-5-17(21)13-18(14-27)23(29)28-22-19(25)6-4-7-20(22)26/h2-13H,1H3,(H,28,29)/b18-13+. The Labute approximate surface area is 189 Å². The van der Waals surface area contributed by atoms with Gasteiger partial charge in [0.1, 0.15) is 17.4 Å². The third-order valence-corrected chi connectivity index (χ3v) is 4.91. The molecule has 31 heavy (non-hydrogen) atoms. The van der Waals surface area contributed by atoms with E-state index >= 15 is 0 Å². The van der Waals surface area contributed by atoms with Gasteiger partial charge in [0.25, 0.3) is 5.91 Å². The predicted molar refractivity (Wildman–Crippen MR) is 121 cm³/mol. The zero-order chi connectivity index (χ0) is 22.4. The molecule has 0 aromatic heterocycles. The van der Waals surface area contributed by atoms with Crippen LogP contribution in [-0.2, 0) is 4.79 Å². The number of esters is 1. The Bertz CT molecular complexity index is 1190. The number of hydrogen-bond donors (Lipinski definition) is 1. The fourth-order valence-electron chi connectivity index (χ4n) is 2.64. The highest BCUT2D eigenvalue weighted by Crippen LogP contribution is 2.30. The van der Waals surface area contributed by atoms with Crippen molar-refractivity contribution in [2.75, 3.05) is 5.32 Å². The minimum Gasteiger partial charge on any atom is -0.422 e. The van der Waals surface area contributed by atoms with E-state index in [-0.39, 0.29) is 27.1 Å². The van der Waals surface area contributed by atoms with Gasteiger partial charge in [-0.25, -0.2) is 4.79 Å². The van der Waals surface area contributed by atoms with E-state index in [4.69, 9.17) is 27.9 Å². The monoisotopic (exact) mass is 450 g/mol. The first-order chi connectivity index (χ1) is 14.9. The van der Waals surface area contributed by atoms with Gasteiger partial charge in [-0.05, 0) is 43.3 Å². The van der Waals surface area contributed by atoms with E-state index < -0.39 is 11.9 Å². The summed E-state index contributed by atoms with van der Waals surface area (Å²) in [5.41, 5.74) is 1.78. The summed E-state index contributed by atoms with van der Waals surface area (Å²) < 4.78 is 5.49. The van der Waals surface area contributed by atoms with Crippen LogP contribution in [0.1, 0.15) is 21.5 Å². The van der Waals surface area contributed by atoms with Crippen molar-refractivity contribution in [3.63, 3.8) is 0 Å². The Morgan fingerprint density at radius 1 is 0.968 bits per heavy atom. The first-order valence-electron chi connectivity index (χ1n) is 9.14. The lowest BCUT2D eigenvalue weighted by atomic mass is 10.1. The Morgan fingerprint density at radius 2 is 1.61 bits per heavy atom. The number of anilines is 1. The van der Waals surface area contributed by atoms with E-state index in [1.807, 2.05) is 13.0 Å². The summed E-state index contributed by atoms with van der Waals surface area (Å²) in [5.74, 6) is -1.03. The van der Waals surface area contributed by atoms with Crippen LogP contribution in [-0.4, -0.2) is 11.9 Å². The number of para-hydroxylation sites is 2. The van der Waals surface area contributed by atoms with Gasteiger partial charge in [0.2, 0.25) is 0 Å². The number of amides is 1.